The van der Waals surface area contributed by atoms with Crippen LogP contribution in [0.2, 0.25) is 5.02 Å². The zero-order chi connectivity index (χ0) is 18.9. The Balaban J connectivity index is 2.15. The van der Waals surface area contributed by atoms with Gasteiger partial charge in [-0.25, -0.2) is 9.79 Å². The Bertz CT molecular complexity index is 787. The molecular weight excluding hydrogens is 358 g/mol. The molecule has 5 N–H and O–H groups in total. The third-order valence-electron chi connectivity index (χ3n) is 4.67. The number of guanidine groups is 2. The Kier molecular flexibility index (Phi) is 4.95. The number of hydrogen-bond donors (Lipinski definition) is 3. The van der Waals surface area contributed by atoms with Gasteiger partial charge in [0.1, 0.15) is 17.0 Å². The number of nitrogens with zero attached hydrogens (tertiary/aromatic N) is 3. The molecule has 0 aromatic heterocycles. The molecule has 0 atom stereocenters. The Labute approximate surface area is 156 Å². The fourth-order valence-corrected chi connectivity index (χ4v) is 3.87. The molecule has 0 radical (unpaired) electrons. The minimum atomic E-state index is -1.11. The minimum absolute atomic E-state index is 0.00571. The highest BCUT2D eigenvalue weighted by molar-refractivity contribution is 6.34. The topological polar surface area (TPSA) is 127 Å². The number of carboxylic acids is 1. The molecule has 1 aliphatic carbocycles. The number of nitrogens with two attached hydrogens (primary N) is 2. The predicted octanol–water partition coefficient (Wildman–Crippen LogP) is 2.55. The molecule has 140 valence electrons. The Morgan fingerprint density at radius 3 is 2.65 bits per heavy atom. The Morgan fingerprint density at radius 1 is 1.35 bits per heavy atom. The molecule has 0 unspecified atom stereocenters. The van der Waals surface area contributed by atoms with Gasteiger partial charge in [0.05, 0.1) is 17.3 Å². The largest absolute Gasteiger partial charge is 0.493 e. The molecule has 1 spiro atoms. The molecule has 8 nitrogen and oxygen atoms in total. The van der Waals surface area contributed by atoms with Crippen LogP contribution >= 0.6 is 11.6 Å². The van der Waals surface area contributed by atoms with Crippen molar-refractivity contribution < 1.29 is 14.6 Å². The smallest absolute Gasteiger partial charge is 0.339 e. The molecule has 0 saturated heterocycles. The molecule has 2 aliphatic rings. The van der Waals surface area contributed by atoms with E-state index in [-0.39, 0.29) is 28.3 Å². The van der Waals surface area contributed by atoms with Gasteiger partial charge in [-0.3, -0.25) is 4.90 Å². The molecule has 1 aromatic carbocycles. The third kappa shape index (κ3) is 3.16. The quantitative estimate of drug-likeness (QED) is 0.737. The van der Waals surface area contributed by atoms with Crippen LogP contribution < -0.4 is 21.1 Å². The van der Waals surface area contributed by atoms with Gasteiger partial charge in [-0.2, -0.15) is 4.99 Å². The van der Waals surface area contributed by atoms with Crippen molar-refractivity contribution in [3.05, 3.63) is 22.7 Å². The molecule has 1 heterocycles. The van der Waals surface area contributed by atoms with Crippen LogP contribution in [0.15, 0.2) is 22.1 Å². The van der Waals surface area contributed by atoms with E-state index >= 15 is 0 Å². The second-order valence-electron chi connectivity index (χ2n) is 6.36. The molecule has 3 rings (SSSR count). The van der Waals surface area contributed by atoms with Crippen LogP contribution in [0.4, 0.5) is 5.69 Å². The van der Waals surface area contributed by atoms with Crippen LogP contribution in [0.25, 0.3) is 0 Å². The van der Waals surface area contributed by atoms with Crippen molar-refractivity contribution in [3.8, 4) is 5.75 Å². The van der Waals surface area contributed by atoms with Crippen LogP contribution in [-0.4, -0.2) is 35.3 Å². The van der Waals surface area contributed by atoms with Crippen LogP contribution in [0.1, 0.15) is 49.4 Å². The van der Waals surface area contributed by atoms with Crippen molar-refractivity contribution in [1.82, 2.24) is 0 Å². The molecule has 9 heteroatoms. The second kappa shape index (κ2) is 7.03. The first-order valence-corrected chi connectivity index (χ1v) is 8.95. The molecule has 1 aliphatic heterocycles. The van der Waals surface area contributed by atoms with E-state index in [1.807, 2.05) is 0 Å². The number of aliphatic imine (C=N–C) groups is 2. The summed E-state index contributed by atoms with van der Waals surface area (Å²) in [5, 5.41) is 9.65. The fourth-order valence-electron chi connectivity index (χ4n) is 3.63. The van der Waals surface area contributed by atoms with Crippen molar-refractivity contribution in [1.29, 1.82) is 0 Å². The lowest BCUT2D eigenvalue weighted by atomic mass is 9.87. The SMILES string of the molecule is CCOc1cc(N2C(N)=NC(N)=NC23CCCCC3)c(Cl)cc1C(=O)O. The fraction of sp³-hybridized carbons (Fsp3) is 0.471. The van der Waals surface area contributed by atoms with Crippen molar-refractivity contribution in [2.75, 3.05) is 11.5 Å². The highest BCUT2D eigenvalue weighted by Gasteiger charge is 2.43. The molecule has 26 heavy (non-hydrogen) atoms. The average Bonchev–Trinajstić information content (AvgIpc) is 2.57. The lowest BCUT2D eigenvalue weighted by molar-refractivity contribution is 0.0692. The Hall–Kier alpha value is -2.48. The lowest BCUT2D eigenvalue weighted by Gasteiger charge is -2.45. The summed E-state index contributed by atoms with van der Waals surface area (Å²) < 4.78 is 5.51. The number of halogens is 1. The summed E-state index contributed by atoms with van der Waals surface area (Å²) in [6, 6.07) is 2.96. The number of ether oxygens (including phenoxy) is 1. The van der Waals surface area contributed by atoms with E-state index in [0.29, 0.717) is 12.3 Å². The van der Waals surface area contributed by atoms with Gasteiger partial charge in [0.25, 0.3) is 0 Å². The third-order valence-corrected chi connectivity index (χ3v) is 4.97. The van der Waals surface area contributed by atoms with Gasteiger partial charge in [0.15, 0.2) is 0 Å². The molecule has 0 amide bonds. The van der Waals surface area contributed by atoms with Crippen LogP contribution in [0, 0.1) is 0 Å². The number of anilines is 1. The lowest BCUT2D eigenvalue weighted by Crippen LogP contribution is -2.58. The van der Waals surface area contributed by atoms with E-state index in [0.717, 1.165) is 32.1 Å². The number of carboxylic acid groups (broad SMARTS) is 1. The molecule has 1 fully saturated rings. The van der Waals surface area contributed by atoms with Gasteiger partial charge in [-0.1, -0.05) is 18.0 Å². The molecule has 0 bridgehead atoms. The summed E-state index contributed by atoms with van der Waals surface area (Å²) in [5.41, 5.74) is 11.9. The maximum atomic E-state index is 11.5. The number of benzene rings is 1. The first-order chi connectivity index (χ1) is 12.4. The van der Waals surface area contributed by atoms with Gasteiger partial charge in [-0.15, -0.1) is 0 Å². The number of rotatable bonds is 4. The van der Waals surface area contributed by atoms with Crippen molar-refractivity contribution in [3.63, 3.8) is 0 Å². The second-order valence-corrected chi connectivity index (χ2v) is 6.76. The van der Waals surface area contributed by atoms with Crippen molar-refractivity contribution in [2.45, 2.75) is 44.7 Å². The van der Waals surface area contributed by atoms with Gasteiger partial charge in [0, 0.05) is 6.07 Å². The normalized spacial score (nSPS) is 19.1. The van der Waals surface area contributed by atoms with E-state index in [2.05, 4.69) is 9.98 Å². The van der Waals surface area contributed by atoms with Gasteiger partial charge in [0.2, 0.25) is 11.9 Å². The van der Waals surface area contributed by atoms with E-state index in [1.54, 1.807) is 17.9 Å². The standard InChI is InChI=1S/C17H22ClN5O3/c1-2-26-13-9-12(11(18)8-10(13)14(24)25)23-16(20)21-15(19)22-17(23)6-4-3-5-7-17/h8-9H,2-7H2,1H3,(H,24,25)(H4,19,20,21,22). The number of hydrogen-bond acceptors (Lipinski definition) is 7. The first kappa shape index (κ1) is 18.3. The summed E-state index contributed by atoms with van der Waals surface area (Å²) in [6.45, 7) is 2.10. The minimum Gasteiger partial charge on any atom is -0.493 e. The zero-order valence-corrected chi connectivity index (χ0v) is 15.3. The van der Waals surface area contributed by atoms with Gasteiger partial charge >= 0.3 is 5.97 Å². The summed E-state index contributed by atoms with van der Waals surface area (Å²) in [7, 11) is 0. The van der Waals surface area contributed by atoms with Crippen molar-refractivity contribution in [2.24, 2.45) is 21.5 Å². The maximum absolute atomic E-state index is 11.5. The maximum Gasteiger partial charge on any atom is 0.339 e. The van der Waals surface area contributed by atoms with E-state index in [1.165, 1.54) is 6.07 Å². The van der Waals surface area contributed by atoms with Crippen LogP contribution in [-0.2, 0) is 0 Å². The summed E-state index contributed by atoms with van der Waals surface area (Å²) >= 11 is 6.43. The van der Waals surface area contributed by atoms with Gasteiger partial charge < -0.3 is 21.3 Å². The summed E-state index contributed by atoms with van der Waals surface area (Å²) in [5.74, 6) is -0.562. The highest BCUT2D eigenvalue weighted by atomic mass is 35.5. The van der Waals surface area contributed by atoms with Gasteiger partial charge in [-0.05, 0) is 38.7 Å². The Morgan fingerprint density at radius 2 is 2.04 bits per heavy atom. The molecule has 1 aromatic rings. The summed E-state index contributed by atoms with van der Waals surface area (Å²) in [6.07, 6.45) is 4.57. The van der Waals surface area contributed by atoms with Crippen LogP contribution in [0.5, 0.6) is 5.75 Å². The number of carbonyl (C=O) groups is 1. The van der Waals surface area contributed by atoms with Crippen molar-refractivity contribution >= 4 is 35.2 Å². The van der Waals surface area contributed by atoms with E-state index in [9.17, 15) is 9.90 Å². The average molecular weight is 380 g/mol. The molecule has 1 saturated carbocycles. The predicted molar refractivity (Wildman–Crippen MR) is 101 cm³/mol. The molecular formula is C17H22ClN5O3. The number of aromatic carboxylic acids is 1. The van der Waals surface area contributed by atoms with E-state index in [4.69, 9.17) is 27.8 Å². The zero-order valence-electron chi connectivity index (χ0n) is 14.5. The first-order valence-electron chi connectivity index (χ1n) is 8.57. The monoisotopic (exact) mass is 379 g/mol. The summed E-state index contributed by atoms with van der Waals surface area (Å²) in [4.78, 5) is 22.0. The van der Waals surface area contributed by atoms with E-state index < -0.39 is 11.6 Å². The highest BCUT2D eigenvalue weighted by Crippen LogP contribution is 2.43. The van der Waals surface area contributed by atoms with Crippen LogP contribution in [0.3, 0.4) is 0 Å².